The minimum absolute atomic E-state index is 0.122. The second-order valence-electron chi connectivity index (χ2n) is 5.34. The smallest absolute Gasteiger partial charge is 0.239 e. The van der Waals surface area contributed by atoms with Gasteiger partial charge in [0.1, 0.15) is 5.82 Å². The Kier molecular flexibility index (Phi) is 6.31. The molecule has 2 aromatic rings. The van der Waals surface area contributed by atoms with Crippen LogP contribution in [0.4, 0.5) is 15.8 Å². The molecule has 0 radical (unpaired) electrons. The lowest BCUT2D eigenvalue weighted by Crippen LogP contribution is -2.31. The van der Waals surface area contributed by atoms with Gasteiger partial charge >= 0.3 is 0 Å². The van der Waals surface area contributed by atoms with Gasteiger partial charge in [0.15, 0.2) is 0 Å². The monoisotopic (exact) mass is 329 g/mol. The number of rotatable bonds is 7. The number of nitrogens with one attached hydrogen (secondary N) is 3. The molecule has 3 N–H and O–H groups in total. The van der Waals surface area contributed by atoms with Gasteiger partial charge in [-0.15, -0.1) is 0 Å². The molecule has 0 aliphatic heterocycles. The number of halogens is 1. The van der Waals surface area contributed by atoms with Crippen molar-refractivity contribution in [1.82, 2.24) is 5.32 Å². The molecule has 0 spiro atoms. The van der Waals surface area contributed by atoms with Gasteiger partial charge in [-0.05, 0) is 48.4 Å². The summed E-state index contributed by atoms with van der Waals surface area (Å²) >= 11 is 0. The summed E-state index contributed by atoms with van der Waals surface area (Å²) in [7, 11) is 0. The lowest BCUT2D eigenvalue weighted by molar-refractivity contribution is -0.119. The number of anilines is 2. The molecule has 5 nitrogen and oxygen atoms in total. The number of benzene rings is 2. The van der Waals surface area contributed by atoms with Crippen LogP contribution in [-0.2, 0) is 16.0 Å². The third-order valence-corrected chi connectivity index (χ3v) is 3.31. The normalized spacial score (nSPS) is 10.1. The van der Waals surface area contributed by atoms with Crippen LogP contribution in [0.15, 0.2) is 48.5 Å². The third kappa shape index (κ3) is 6.08. The van der Waals surface area contributed by atoms with E-state index in [0.717, 1.165) is 11.3 Å². The van der Waals surface area contributed by atoms with E-state index in [1.165, 1.54) is 19.1 Å². The highest BCUT2D eigenvalue weighted by molar-refractivity contribution is 5.88. The average molecular weight is 329 g/mol. The Balaban J connectivity index is 1.69. The predicted octanol–water partition coefficient (Wildman–Crippen LogP) is 2.55. The molecule has 0 aromatic heterocycles. The van der Waals surface area contributed by atoms with Gasteiger partial charge in [0.05, 0.1) is 6.54 Å². The van der Waals surface area contributed by atoms with Crippen LogP contribution >= 0.6 is 0 Å². The van der Waals surface area contributed by atoms with E-state index in [0.29, 0.717) is 18.7 Å². The first-order chi connectivity index (χ1) is 11.5. The fourth-order valence-electron chi connectivity index (χ4n) is 2.12. The molecule has 0 aliphatic rings. The minimum atomic E-state index is -0.267. The number of hydrogen-bond acceptors (Lipinski definition) is 3. The summed E-state index contributed by atoms with van der Waals surface area (Å²) in [5.41, 5.74) is 2.47. The fraction of sp³-hybridized carbons (Fsp3) is 0.222. The van der Waals surface area contributed by atoms with Gasteiger partial charge < -0.3 is 16.0 Å². The van der Waals surface area contributed by atoms with Crippen LogP contribution in [-0.4, -0.2) is 24.9 Å². The predicted molar refractivity (Wildman–Crippen MR) is 92.3 cm³/mol. The van der Waals surface area contributed by atoms with Crippen LogP contribution < -0.4 is 16.0 Å². The summed E-state index contributed by atoms with van der Waals surface area (Å²) in [6, 6.07) is 13.3. The lowest BCUT2D eigenvalue weighted by Gasteiger charge is -2.09. The summed E-state index contributed by atoms with van der Waals surface area (Å²) < 4.78 is 12.8. The molecule has 2 aromatic carbocycles. The van der Waals surface area contributed by atoms with E-state index < -0.39 is 0 Å². The summed E-state index contributed by atoms with van der Waals surface area (Å²) in [6.07, 6.45) is 0.650. The SMILES string of the molecule is CC(=O)Nc1ccc(NCC(=O)NCCc2ccc(F)cc2)cc1. The first-order valence-corrected chi connectivity index (χ1v) is 7.65. The van der Waals surface area contributed by atoms with Crippen molar-refractivity contribution in [2.45, 2.75) is 13.3 Å². The van der Waals surface area contributed by atoms with Crippen LogP contribution in [0.2, 0.25) is 0 Å². The Labute approximate surface area is 140 Å². The van der Waals surface area contributed by atoms with E-state index in [4.69, 9.17) is 0 Å². The van der Waals surface area contributed by atoms with E-state index in [2.05, 4.69) is 16.0 Å². The molecule has 2 amide bonds. The second kappa shape index (κ2) is 8.67. The van der Waals surface area contributed by atoms with Crippen LogP contribution in [0.5, 0.6) is 0 Å². The molecule has 0 heterocycles. The highest BCUT2D eigenvalue weighted by Gasteiger charge is 2.02. The maximum atomic E-state index is 12.8. The van der Waals surface area contributed by atoms with Crippen molar-refractivity contribution < 1.29 is 14.0 Å². The molecule has 0 saturated carbocycles. The topological polar surface area (TPSA) is 70.2 Å². The van der Waals surface area contributed by atoms with E-state index in [-0.39, 0.29) is 24.2 Å². The van der Waals surface area contributed by atoms with Crippen molar-refractivity contribution in [2.75, 3.05) is 23.7 Å². The largest absolute Gasteiger partial charge is 0.376 e. The molecular formula is C18H20FN3O2. The maximum Gasteiger partial charge on any atom is 0.239 e. The van der Waals surface area contributed by atoms with Crippen LogP contribution in [0, 0.1) is 5.82 Å². The quantitative estimate of drug-likeness (QED) is 0.731. The van der Waals surface area contributed by atoms with Crippen molar-refractivity contribution >= 4 is 23.2 Å². The molecule has 0 bridgehead atoms. The van der Waals surface area contributed by atoms with Crippen molar-refractivity contribution in [2.24, 2.45) is 0 Å². The van der Waals surface area contributed by atoms with Gasteiger partial charge in [0.25, 0.3) is 0 Å². The average Bonchev–Trinajstić information content (AvgIpc) is 2.55. The number of carbonyl (C=O) groups is 2. The minimum Gasteiger partial charge on any atom is -0.376 e. The third-order valence-electron chi connectivity index (χ3n) is 3.31. The number of carbonyl (C=O) groups excluding carboxylic acids is 2. The molecule has 0 unspecified atom stereocenters. The number of hydrogen-bond donors (Lipinski definition) is 3. The first-order valence-electron chi connectivity index (χ1n) is 7.65. The summed E-state index contributed by atoms with van der Waals surface area (Å²) in [5.74, 6) is -0.518. The molecule has 0 fully saturated rings. The summed E-state index contributed by atoms with van der Waals surface area (Å²) in [6.45, 7) is 2.10. The van der Waals surface area contributed by atoms with Crippen LogP contribution in [0.25, 0.3) is 0 Å². The zero-order chi connectivity index (χ0) is 17.4. The van der Waals surface area contributed by atoms with E-state index in [1.807, 2.05) is 0 Å². The van der Waals surface area contributed by atoms with Crippen LogP contribution in [0.1, 0.15) is 12.5 Å². The summed E-state index contributed by atoms with van der Waals surface area (Å²) in [5, 5.41) is 8.48. The van der Waals surface area contributed by atoms with Crippen molar-refractivity contribution in [3.63, 3.8) is 0 Å². The van der Waals surface area contributed by atoms with Gasteiger partial charge in [-0.25, -0.2) is 4.39 Å². The molecule has 2 rings (SSSR count). The molecular weight excluding hydrogens is 309 g/mol. The number of amides is 2. The molecule has 24 heavy (non-hydrogen) atoms. The van der Waals surface area contributed by atoms with Crippen LogP contribution in [0.3, 0.4) is 0 Å². The summed E-state index contributed by atoms with van der Waals surface area (Å²) in [4.78, 5) is 22.7. The first kappa shape index (κ1) is 17.5. The van der Waals surface area contributed by atoms with E-state index in [1.54, 1.807) is 36.4 Å². The van der Waals surface area contributed by atoms with Crippen molar-refractivity contribution in [3.05, 3.63) is 59.9 Å². The molecule has 6 heteroatoms. The lowest BCUT2D eigenvalue weighted by atomic mass is 10.1. The standard InChI is InChI=1S/C18H20FN3O2/c1-13(23)22-17-8-6-16(7-9-17)21-12-18(24)20-11-10-14-2-4-15(19)5-3-14/h2-9,21H,10-12H2,1H3,(H,20,24)(H,22,23). The molecule has 126 valence electrons. The van der Waals surface area contributed by atoms with Gasteiger partial charge in [0, 0.05) is 24.8 Å². The highest BCUT2D eigenvalue weighted by atomic mass is 19.1. The van der Waals surface area contributed by atoms with Gasteiger partial charge in [-0.1, -0.05) is 12.1 Å². The Morgan fingerprint density at radius 2 is 1.58 bits per heavy atom. The Morgan fingerprint density at radius 3 is 2.21 bits per heavy atom. The van der Waals surface area contributed by atoms with Gasteiger partial charge in [-0.2, -0.15) is 0 Å². The van der Waals surface area contributed by atoms with Gasteiger partial charge in [-0.3, -0.25) is 9.59 Å². The Bertz CT molecular complexity index is 684. The van der Waals surface area contributed by atoms with Gasteiger partial charge in [0.2, 0.25) is 11.8 Å². The highest BCUT2D eigenvalue weighted by Crippen LogP contribution is 2.13. The second-order valence-corrected chi connectivity index (χ2v) is 5.34. The maximum absolute atomic E-state index is 12.8. The molecule has 0 aliphatic carbocycles. The molecule has 0 atom stereocenters. The zero-order valence-electron chi connectivity index (χ0n) is 13.4. The fourth-order valence-corrected chi connectivity index (χ4v) is 2.12. The molecule has 0 saturated heterocycles. The van der Waals surface area contributed by atoms with Crippen molar-refractivity contribution in [1.29, 1.82) is 0 Å². The Morgan fingerprint density at radius 1 is 0.958 bits per heavy atom. The Hall–Kier alpha value is -2.89. The zero-order valence-corrected chi connectivity index (χ0v) is 13.4. The van der Waals surface area contributed by atoms with Crippen molar-refractivity contribution in [3.8, 4) is 0 Å². The van der Waals surface area contributed by atoms with E-state index in [9.17, 15) is 14.0 Å². The van der Waals surface area contributed by atoms with E-state index >= 15 is 0 Å².